The predicted molar refractivity (Wildman–Crippen MR) is 85.5 cm³/mol. The number of unbranched alkanes of at least 4 members (excludes halogenated alkanes) is 1. The van der Waals surface area contributed by atoms with E-state index < -0.39 is 0 Å². The second-order valence-electron chi connectivity index (χ2n) is 4.31. The molecule has 1 amide bonds. The molecule has 1 aromatic rings. The Kier molecular flexibility index (Phi) is 4.73. The summed E-state index contributed by atoms with van der Waals surface area (Å²) in [5.41, 5.74) is 1.76. The maximum absolute atomic E-state index is 12.1. The maximum Gasteiger partial charge on any atom is 0.419 e. The highest BCUT2D eigenvalue weighted by atomic mass is 127. The fraction of sp³-hybridized carbons (Fsp3) is 0.357. The zero-order chi connectivity index (χ0) is 14.0. The lowest BCUT2D eigenvalue weighted by atomic mass is 10.1. The smallest absolute Gasteiger partial charge is 0.408 e. The second kappa shape index (κ2) is 6.13. The molecule has 1 aromatic carbocycles. The quantitative estimate of drug-likeness (QED) is 0.685. The number of carbonyl (C=O) groups is 1. The number of amides is 1. The third-order valence-electron chi connectivity index (χ3n) is 2.99. The number of ether oxygens (including phenoxy) is 1. The van der Waals surface area contributed by atoms with E-state index in [0.29, 0.717) is 17.3 Å². The van der Waals surface area contributed by atoms with E-state index in [1.54, 1.807) is 11.0 Å². The van der Waals surface area contributed by atoms with Crippen LogP contribution in [0.3, 0.4) is 0 Å². The molecule has 0 aliphatic carbocycles. The molecule has 3 nitrogen and oxygen atoms in total. The van der Waals surface area contributed by atoms with E-state index >= 15 is 0 Å². The lowest BCUT2D eigenvalue weighted by Gasteiger charge is -2.31. The highest BCUT2D eigenvalue weighted by Crippen LogP contribution is 2.39. The van der Waals surface area contributed by atoms with Crippen LogP contribution >= 0.6 is 34.2 Å². The number of benzene rings is 1. The van der Waals surface area contributed by atoms with Crippen molar-refractivity contribution in [3.63, 3.8) is 0 Å². The van der Waals surface area contributed by atoms with Gasteiger partial charge < -0.3 is 4.74 Å². The Morgan fingerprint density at radius 3 is 2.84 bits per heavy atom. The summed E-state index contributed by atoms with van der Waals surface area (Å²) in [6, 6.07) is 3.64. The summed E-state index contributed by atoms with van der Waals surface area (Å²) in [6.07, 6.45) is 3.59. The number of nitrogens with zero attached hydrogens (tertiary/aromatic N) is 1. The van der Waals surface area contributed by atoms with E-state index in [0.717, 1.165) is 27.7 Å². The summed E-state index contributed by atoms with van der Waals surface area (Å²) in [5, 5.41) is 0.649. The molecule has 0 bridgehead atoms. The Morgan fingerprint density at radius 2 is 2.21 bits per heavy atom. The summed E-state index contributed by atoms with van der Waals surface area (Å²) in [7, 11) is 0. The molecule has 0 atom stereocenters. The van der Waals surface area contributed by atoms with Gasteiger partial charge in [0.15, 0.2) is 5.75 Å². The summed E-state index contributed by atoms with van der Waals surface area (Å²) in [5.74, 6) is 0.607. The standard InChI is InChI=1S/C14H15ClINO2/c1-3-5-6-17-12(4-2)10-7-9(15)8-11(16)13(10)19-14(17)18/h4,7-8H,3,5-6H2,1-2H3/b12-4-. The van der Waals surface area contributed by atoms with E-state index in [1.807, 2.05) is 19.1 Å². The fourth-order valence-electron chi connectivity index (χ4n) is 2.08. The summed E-state index contributed by atoms with van der Waals surface area (Å²) in [6.45, 7) is 4.68. The third-order valence-corrected chi connectivity index (χ3v) is 4.01. The van der Waals surface area contributed by atoms with E-state index in [1.165, 1.54) is 0 Å². The van der Waals surface area contributed by atoms with Gasteiger partial charge in [0, 0.05) is 17.1 Å². The fourth-order valence-corrected chi connectivity index (χ4v) is 3.22. The van der Waals surface area contributed by atoms with E-state index in [2.05, 4.69) is 29.5 Å². The minimum Gasteiger partial charge on any atom is -0.408 e. The Bertz CT molecular complexity index is 542. The topological polar surface area (TPSA) is 29.5 Å². The molecule has 0 N–H and O–H groups in total. The molecule has 0 aromatic heterocycles. The van der Waals surface area contributed by atoms with Gasteiger partial charge in [-0.05, 0) is 48.1 Å². The van der Waals surface area contributed by atoms with Gasteiger partial charge in [0.1, 0.15) is 0 Å². The first-order valence-electron chi connectivity index (χ1n) is 6.23. The zero-order valence-electron chi connectivity index (χ0n) is 10.9. The van der Waals surface area contributed by atoms with Gasteiger partial charge in [-0.25, -0.2) is 4.79 Å². The highest BCUT2D eigenvalue weighted by molar-refractivity contribution is 14.1. The third kappa shape index (κ3) is 2.89. The number of carbonyl (C=O) groups excluding carboxylic acids is 1. The summed E-state index contributed by atoms with van der Waals surface area (Å²) in [4.78, 5) is 13.8. The Morgan fingerprint density at radius 1 is 1.47 bits per heavy atom. The van der Waals surface area contributed by atoms with Crippen molar-refractivity contribution in [2.45, 2.75) is 26.7 Å². The second-order valence-corrected chi connectivity index (χ2v) is 5.91. The SMILES string of the molecule is C/C=C1/c2cc(Cl)cc(I)c2OC(=O)N1CCCC. The average molecular weight is 392 g/mol. The molecule has 1 aliphatic heterocycles. The Labute approximate surface area is 131 Å². The van der Waals surface area contributed by atoms with Crippen molar-refractivity contribution in [2.75, 3.05) is 6.54 Å². The number of allylic oxidation sites excluding steroid dienone is 1. The molecule has 5 heteroatoms. The van der Waals surface area contributed by atoms with E-state index in [9.17, 15) is 4.79 Å². The van der Waals surface area contributed by atoms with Crippen LogP contribution in [-0.4, -0.2) is 17.5 Å². The van der Waals surface area contributed by atoms with Gasteiger partial charge in [-0.1, -0.05) is 31.0 Å². The van der Waals surface area contributed by atoms with Crippen LogP contribution in [0.5, 0.6) is 5.75 Å². The minimum absolute atomic E-state index is 0.311. The molecule has 0 spiro atoms. The monoisotopic (exact) mass is 391 g/mol. The maximum atomic E-state index is 12.1. The van der Waals surface area contributed by atoms with E-state index in [4.69, 9.17) is 16.3 Å². The molecule has 1 aliphatic rings. The van der Waals surface area contributed by atoms with Gasteiger partial charge in [-0.3, -0.25) is 4.90 Å². The molecule has 0 fully saturated rings. The van der Waals surface area contributed by atoms with Crippen molar-refractivity contribution in [3.8, 4) is 5.75 Å². The predicted octanol–water partition coefficient (Wildman–Crippen LogP) is 4.92. The van der Waals surface area contributed by atoms with Crippen LogP contribution in [0, 0.1) is 3.57 Å². The molecule has 19 heavy (non-hydrogen) atoms. The van der Waals surface area contributed by atoms with Crippen LogP contribution in [-0.2, 0) is 0 Å². The molecule has 0 radical (unpaired) electrons. The number of fused-ring (bicyclic) bond motifs is 1. The normalized spacial score (nSPS) is 16.5. The summed E-state index contributed by atoms with van der Waals surface area (Å²) >= 11 is 8.24. The lowest BCUT2D eigenvalue weighted by Crippen LogP contribution is -2.37. The van der Waals surface area contributed by atoms with Gasteiger partial charge >= 0.3 is 6.09 Å². The number of hydrogen-bond donors (Lipinski definition) is 0. The first-order chi connectivity index (χ1) is 9.08. The van der Waals surface area contributed by atoms with Crippen LogP contribution in [0.1, 0.15) is 32.3 Å². The van der Waals surface area contributed by atoms with Crippen molar-refractivity contribution in [1.29, 1.82) is 0 Å². The van der Waals surface area contributed by atoms with Crippen LogP contribution in [0.15, 0.2) is 18.2 Å². The number of hydrogen-bond acceptors (Lipinski definition) is 2. The molecule has 0 saturated carbocycles. The molecular weight excluding hydrogens is 377 g/mol. The van der Waals surface area contributed by atoms with Gasteiger partial charge in [0.25, 0.3) is 0 Å². The van der Waals surface area contributed by atoms with Crippen LogP contribution in [0.25, 0.3) is 5.70 Å². The van der Waals surface area contributed by atoms with Crippen LogP contribution < -0.4 is 4.74 Å². The Hall–Kier alpha value is -0.750. The molecule has 1 heterocycles. The minimum atomic E-state index is -0.311. The van der Waals surface area contributed by atoms with Crippen LogP contribution in [0.2, 0.25) is 5.02 Å². The van der Waals surface area contributed by atoms with Crippen molar-refractivity contribution < 1.29 is 9.53 Å². The van der Waals surface area contributed by atoms with Gasteiger partial charge in [-0.15, -0.1) is 0 Å². The van der Waals surface area contributed by atoms with Crippen molar-refractivity contribution in [1.82, 2.24) is 4.90 Å². The van der Waals surface area contributed by atoms with Gasteiger partial charge in [0.05, 0.1) is 9.27 Å². The zero-order valence-corrected chi connectivity index (χ0v) is 13.8. The van der Waals surface area contributed by atoms with Gasteiger partial charge in [0.2, 0.25) is 0 Å². The van der Waals surface area contributed by atoms with Crippen molar-refractivity contribution in [2.24, 2.45) is 0 Å². The van der Waals surface area contributed by atoms with E-state index in [-0.39, 0.29) is 6.09 Å². The van der Waals surface area contributed by atoms with Gasteiger partial charge in [-0.2, -0.15) is 0 Å². The van der Waals surface area contributed by atoms with Crippen molar-refractivity contribution in [3.05, 3.63) is 32.4 Å². The van der Waals surface area contributed by atoms with Crippen LogP contribution in [0.4, 0.5) is 4.79 Å². The Balaban J connectivity index is 2.48. The van der Waals surface area contributed by atoms with Crippen molar-refractivity contribution >= 4 is 46.0 Å². The first-order valence-corrected chi connectivity index (χ1v) is 7.69. The molecular formula is C14H15ClINO2. The first kappa shape index (κ1) is 14.7. The number of rotatable bonds is 3. The average Bonchev–Trinajstić information content (AvgIpc) is 2.37. The highest BCUT2D eigenvalue weighted by Gasteiger charge is 2.30. The molecule has 0 saturated heterocycles. The summed E-state index contributed by atoms with van der Waals surface area (Å²) < 4.78 is 6.29. The molecule has 2 rings (SSSR count). The number of halogens is 2. The lowest BCUT2D eigenvalue weighted by molar-refractivity contribution is 0.167. The largest absolute Gasteiger partial charge is 0.419 e. The molecule has 102 valence electrons. The molecule has 0 unspecified atom stereocenters.